The fourth-order valence-corrected chi connectivity index (χ4v) is 1.84. The van der Waals surface area contributed by atoms with Gasteiger partial charge in [-0.1, -0.05) is 30.3 Å². The standard InChI is InChI=1S/C16H12FNO3/c1-11-5-7-13(10-15(11)18(20)21)16(19)8-6-12-3-2-4-14(17)9-12/h2-10H,1H3/b8-6+. The Labute approximate surface area is 120 Å². The second-order valence-corrected chi connectivity index (χ2v) is 4.51. The molecule has 106 valence electrons. The fraction of sp³-hybridized carbons (Fsp3) is 0.0625. The van der Waals surface area contributed by atoms with E-state index in [2.05, 4.69) is 0 Å². The number of rotatable bonds is 4. The van der Waals surface area contributed by atoms with Crippen molar-refractivity contribution < 1.29 is 14.1 Å². The number of carbonyl (C=O) groups is 1. The summed E-state index contributed by atoms with van der Waals surface area (Å²) < 4.78 is 13.0. The lowest BCUT2D eigenvalue weighted by Gasteiger charge is -2.00. The van der Waals surface area contributed by atoms with Gasteiger partial charge in [0, 0.05) is 17.2 Å². The van der Waals surface area contributed by atoms with E-state index in [9.17, 15) is 19.3 Å². The van der Waals surface area contributed by atoms with Crippen LogP contribution in [-0.4, -0.2) is 10.7 Å². The van der Waals surface area contributed by atoms with Gasteiger partial charge in [0.15, 0.2) is 5.78 Å². The van der Waals surface area contributed by atoms with Crippen molar-refractivity contribution >= 4 is 17.5 Å². The topological polar surface area (TPSA) is 60.2 Å². The fourth-order valence-electron chi connectivity index (χ4n) is 1.84. The van der Waals surface area contributed by atoms with E-state index in [-0.39, 0.29) is 17.0 Å². The Morgan fingerprint density at radius 3 is 2.67 bits per heavy atom. The van der Waals surface area contributed by atoms with Gasteiger partial charge < -0.3 is 0 Å². The summed E-state index contributed by atoms with van der Waals surface area (Å²) in [5.74, 6) is -0.766. The average Bonchev–Trinajstić information content (AvgIpc) is 2.45. The van der Waals surface area contributed by atoms with Crippen LogP contribution in [-0.2, 0) is 0 Å². The molecule has 0 bridgehead atoms. The van der Waals surface area contributed by atoms with Crippen molar-refractivity contribution in [2.45, 2.75) is 6.92 Å². The molecule has 0 saturated carbocycles. The minimum Gasteiger partial charge on any atom is -0.289 e. The Bertz CT molecular complexity index is 738. The summed E-state index contributed by atoms with van der Waals surface area (Å²) in [6, 6.07) is 10.1. The predicted molar refractivity (Wildman–Crippen MR) is 77.6 cm³/mol. The van der Waals surface area contributed by atoms with Crippen molar-refractivity contribution in [2.75, 3.05) is 0 Å². The molecular formula is C16H12FNO3. The number of ketones is 1. The number of aryl methyl sites for hydroxylation is 1. The summed E-state index contributed by atoms with van der Waals surface area (Å²) in [6.07, 6.45) is 2.74. The molecule has 0 saturated heterocycles. The monoisotopic (exact) mass is 285 g/mol. The van der Waals surface area contributed by atoms with Crippen LogP contribution in [0.4, 0.5) is 10.1 Å². The third-order valence-electron chi connectivity index (χ3n) is 2.97. The number of carbonyl (C=O) groups excluding carboxylic acids is 1. The minimum absolute atomic E-state index is 0.0972. The molecule has 0 N–H and O–H groups in total. The second kappa shape index (κ2) is 6.09. The number of halogens is 1. The Kier molecular flexibility index (Phi) is 4.23. The number of hydrogen-bond acceptors (Lipinski definition) is 3. The summed E-state index contributed by atoms with van der Waals surface area (Å²) >= 11 is 0. The first-order chi connectivity index (χ1) is 9.97. The second-order valence-electron chi connectivity index (χ2n) is 4.51. The van der Waals surface area contributed by atoms with E-state index < -0.39 is 10.7 Å². The van der Waals surface area contributed by atoms with Gasteiger partial charge in [-0.25, -0.2) is 4.39 Å². The largest absolute Gasteiger partial charge is 0.289 e. The van der Waals surface area contributed by atoms with Gasteiger partial charge in [0.1, 0.15) is 5.82 Å². The van der Waals surface area contributed by atoms with Gasteiger partial charge in [0.25, 0.3) is 5.69 Å². The normalized spacial score (nSPS) is 10.8. The van der Waals surface area contributed by atoms with Crippen molar-refractivity contribution in [1.29, 1.82) is 0 Å². The summed E-state index contributed by atoms with van der Waals surface area (Å²) in [7, 11) is 0. The lowest BCUT2D eigenvalue weighted by molar-refractivity contribution is -0.385. The van der Waals surface area contributed by atoms with E-state index in [1.807, 2.05) is 0 Å². The first kappa shape index (κ1) is 14.6. The molecule has 0 fully saturated rings. The molecule has 0 aliphatic carbocycles. The van der Waals surface area contributed by atoms with Gasteiger partial charge in [-0.05, 0) is 30.7 Å². The van der Waals surface area contributed by atoms with Crippen LogP contribution in [0.2, 0.25) is 0 Å². The number of allylic oxidation sites excluding steroid dienone is 1. The lowest BCUT2D eigenvalue weighted by Crippen LogP contribution is -1.98. The summed E-state index contributed by atoms with van der Waals surface area (Å²) in [5, 5.41) is 10.8. The van der Waals surface area contributed by atoms with E-state index in [4.69, 9.17) is 0 Å². The van der Waals surface area contributed by atoms with E-state index in [0.29, 0.717) is 11.1 Å². The van der Waals surface area contributed by atoms with Crippen molar-refractivity contribution in [1.82, 2.24) is 0 Å². The van der Waals surface area contributed by atoms with Crippen molar-refractivity contribution in [3.8, 4) is 0 Å². The highest BCUT2D eigenvalue weighted by atomic mass is 19.1. The molecular weight excluding hydrogens is 273 g/mol. The van der Waals surface area contributed by atoms with Crippen LogP contribution >= 0.6 is 0 Å². The third-order valence-corrected chi connectivity index (χ3v) is 2.97. The van der Waals surface area contributed by atoms with Crippen LogP contribution < -0.4 is 0 Å². The lowest BCUT2D eigenvalue weighted by atomic mass is 10.1. The molecule has 21 heavy (non-hydrogen) atoms. The molecule has 5 heteroatoms. The van der Waals surface area contributed by atoms with Gasteiger partial charge in [-0.3, -0.25) is 14.9 Å². The van der Waals surface area contributed by atoms with Gasteiger partial charge in [-0.15, -0.1) is 0 Å². The first-order valence-electron chi connectivity index (χ1n) is 6.20. The van der Waals surface area contributed by atoms with Crippen molar-refractivity contribution in [3.63, 3.8) is 0 Å². The SMILES string of the molecule is Cc1ccc(C(=O)/C=C/c2cccc(F)c2)cc1[N+](=O)[O-]. The van der Waals surface area contributed by atoms with Gasteiger partial charge >= 0.3 is 0 Å². The smallest absolute Gasteiger partial charge is 0.273 e. The van der Waals surface area contributed by atoms with Crippen molar-refractivity contribution in [3.05, 3.63) is 81.2 Å². The van der Waals surface area contributed by atoms with Crippen LogP contribution in [0.25, 0.3) is 6.08 Å². The molecule has 0 aromatic heterocycles. The zero-order valence-corrected chi connectivity index (χ0v) is 11.2. The Morgan fingerprint density at radius 2 is 2.00 bits per heavy atom. The molecule has 0 atom stereocenters. The van der Waals surface area contributed by atoms with E-state index in [0.717, 1.165) is 0 Å². The maximum atomic E-state index is 13.0. The van der Waals surface area contributed by atoms with Gasteiger partial charge in [0.05, 0.1) is 4.92 Å². The molecule has 0 aliphatic rings. The number of hydrogen-bond donors (Lipinski definition) is 0. The highest BCUT2D eigenvalue weighted by Crippen LogP contribution is 2.20. The Morgan fingerprint density at radius 1 is 1.24 bits per heavy atom. The highest BCUT2D eigenvalue weighted by molar-refractivity contribution is 6.07. The number of benzene rings is 2. The van der Waals surface area contributed by atoms with Crippen molar-refractivity contribution in [2.24, 2.45) is 0 Å². The number of nitrogens with zero attached hydrogens (tertiary/aromatic N) is 1. The molecule has 2 rings (SSSR count). The predicted octanol–water partition coefficient (Wildman–Crippen LogP) is 3.94. The maximum absolute atomic E-state index is 13.0. The zero-order valence-electron chi connectivity index (χ0n) is 11.2. The quantitative estimate of drug-likeness (QED) is 0.370. The molecule has 2 aromatic rings. The Balaban J connectivity index is 2.25. The molecule has 0 unspecified atom stereocenters. The third kappa shape index (κ3) is 3.60. The summed E-state index contributed by atoms with van der Waals surface area (Å²) in [5.41, 5.74) is 1.16. The van der Waals surface area contributed by atoms with E-state index >= 15 is 0 Å². The number of nitro groups is 1. The van der Waals surface area contributed by atoms with Crippen LogP contribution in [0.15, 0.2) is 48.5 Å². The zero-order chi connectivity index (χ0) is 15.4. The maximum Gasteiger partial charge on any atom is 0.273 e. The van der Waals surface area contributed by atoms with Gasteiger partial charge in [0.2, 0.25) is 0 Å². The van der Waals surface area contributed by atoms with Crippen LogP contribution in [0.3, 0.4) is 0 Å². The minimum atomic E-state index is -0.525. The van der Waals surface area contributed by atoms with Crippen LogP contribution in [0.5, 0.6) is 0 Å². The highest BCUT2D eigenvalue weighted by Gasteiger charge is 2.13. The Hall–Kier alpha value is -2.82. The van der Waals surface area contributed by atoms with Crippen LogP contribution in [0.1, 0.15) is 21.5 Å². The molecule has 0 spiro atoms. The first-order valence-corrected chi connectivity index (χ1v) is 6.20. The molecule has 0 aliphatic heterocycles. The van der Waals surface area contributed by atoms with E-state index in [1.54, 1.807) is 13.0 Å². The summed E-state index contributed by atoms with van der Waals surface area (Å²) in [6.45, 7) is 1.61. The summed E-state index contributed by atoms with van der Waals surface area (Å²) in [4.78, 5) is 22.3. The molecule has 4 nitrogen and oxygen atoms in total. The molecule has 0 amide bonds. The van der Waals surface area contributed by atoms with E-state index in [1.165, 1.54) is 48.6 Å². The molecule has 0 radical (unpaired) electrons. The van der Waals surface area contributed by atoms with Crippen LogP contribution in [0, 0.1) is 22.9 Å². The number of nitro benzene ring substituents is 1. The van der Waals surface area contributed by atoms with Gasteiger partial charge in [-0.2, -0.15) is 0 Å². The average molecular weight is 285 g/mol. The molecule has 0 heterocycles. The molecule has 2 aromatic carbocycles.